The predicted molar refractivity (Wildman–Crippen MR) is 119 cm³/mol. The maximum absolute atomic E-state index is 12.6. The number of nitrogens with zero attached hydrogens (tertiary/aromatic N) is 1. The minimum Gasteiger partial charge on any atom is -0.493 e. The molecular weight excluding hydrogens is 462 g/mol. The predicted octanol–water partition coefficient (Wildman–Crippen LogP) is 0.685. The summed E-state index contributed by atoms with van der Waals surface area (Å²) in [4.78, 5) is 45.6. The second-order valence-corrected chi connectivity index (χ2v) is 9.76. The van der Waals surface area contributed by atoms with Gasteiger partial charge in [-0.05, 0) is 50.4 Å². The van der Waals surface area contributed by atoms with E-state index >= 15 is 0 Å². The second-order valence-electron chi connectivity index (χ2n) is 9.76. The number of ketones is 1. The Bertz CT molecular complexity index is 1070. The van der Waals surface area contributed by atoms with Crippen molar-refractivity contribution in [2.45, 2.75) is 61.7 Å². The van der Waals surface area contributed by atoms with Crippen molar-refractivity contribution >= 4 is 23.7 Å². The molecule has 2 bridgehead atoms. The molecule has 2 heterocycles. The summed E-state index contributed by atoms with van der Waals surface area (Å²) in [6.07, 6.45) is 1.18. The molecule has 11 heteroatoms. The van der Waals surface area contributed by atoms with E-state index in [4.69, 9.17) is 29.9 Å². The largest absolute Gasteiger partial charge is 0.493 e. The van der Waals surface area contributed by atoms with Crippen LogP contribution in [0.25, 0.3) is 0 Å². The van der Waals surface area contributed by atoms with E-state index in [-0.39, 0.29) is 17.3 Å². The minimum absolute atomic E-state index is 0.0933. The van der Waals surface area contributed by atoms with Crippen LogP contribution in [0.2, 0.25) is 0 Å². The van der Waals surface area contributed by atoms with Crippen LogP contribution in [0, 0.1) is 5.92 Å². The first-order valence-electron chi connectivity index (χ1n) is 11.4. The molecule has 1 saturated carbocycles. The highest BCUT2D eigenvalue weighted by molar-refractivity contribution is 5.89. The average molecular weight is 491 g/mol. The van der Waals surface area contributed by atoms with Crippen LogP contribution >= 0.6 is 0 Å². The molecule has 0 radical (unpaired) electrons. The number of piperidine rings is 1. The van der Waals surface area contributed by atoms with Crippen LogP contribution in [-0.4, -0.2) is 87.5 Å². The number of likely N-dealkylation sites (N-methyl/N-ethyl adjacent to an activating group) is 1. The lowest BCUT2D eigenvalue weighted by atomic mass is 9.52. The average Bonchev–Trinajstić information content (AvgIpc) is 3.12. The quantitative estimate of drug-likeness (QED) is 0.441. The Labute approximate surface area is 201 Å². The van der Waals surface area contributed by atoms with Gasteiger partial charge >= 0.3 is 17.9 Å². The third-order valence-electron chi connectivity index (χ3n) is 7.88. The van der Waals surface area contributed by atoms with Gasteiger partial charge in [0.1, 0.15) is 0 Å². The monoisotopic (exact) mass is 491 g/mol. The number of aliphatic carboxylic acids is 3. The number of hydrogen-bond donors (Lipinski definition) is 4. The van der Waals surface area contributed by atoms with Crippen molar-refractivity contribution in [3.63, 3.8) is 0 Å². The molecule has 190 valence electrons. The summed E-state index contributed by atoms with van der Waals surface area (Å²) in [5.41, 5.74) is -0.165. The zero-order valence-electron chi connectivity index (χ0n) is 19.5. The summed E-state index contributed by atoms with van der Waals surface area (Å²) in [6, 6.07) is 4.73. The molecule has 0 amide bonds. The Kier molecular flexibility index (Phi) is 6.26. The van der Waals surface area contributed by atoms with Crippen LogP contribution in [-0.2, 0) is 31.0 Å². The van der Waals surface area contributed by atoms with Gasteiger partial charge in [-0.2, -0.15) is 0 Å². The van der Waals surface area contributed by atoms with Crippen LogP contribution in [0.1, 0.15) is 43.2 Å². The van der Waals surface area contributed by atoms with Crippen LogP contribution < -0.4 is 9.47 Å². The molecule has 11 nitrogen and oxygen atoms in total. The summed E-state index contributed by atoms with van der Waals surface area (Å²) in [7, 11) is 3.91. The Hall–Kier alpha value is -3.18. The summed E-state index contributed by atoms with van der Waals surface area (Å²) in [5, 5.41) is 33.8. The van der Waals surface area contributed by atoms with Crippen LogP contribution in [0.4, 0.5) is 0 Å². The molecule has 35 heavy (non-hydrogen) atoms. The number of carboxylic acid groups (broad SMARTS) is 3. The number of methoxy groups -OCH3 is 1. The molecule has 1 spiro atoms. The lowest BCUT2D eigenvalue weighted by Crippen LogP contribution is -2.65. The first kappa shape index (κ1) is 24.9. The molecule has 2 aliphatic carbocycles. The van der Waals surface area contributed by atoms with E-state index in [1.54, 1.807) is 7.11 Å². The van der Waals surface area contributed by atoms with Gasteiger partial charge in [0.15, 0.2) is 29.0 Å². The van der Waals surface area contributed by atoms with E-state index in [9.17, 15) is 19.2 Å². The highest BCUT2D eigenvalue weighted by atomic mass is 16.5. The first-order chi connectivity index (χ1) is 16.4. The third kappa shape index (κ3) is 3.92. The molecule has 1 saturated heterocycles. The number of ether oxygens (including phenoxy) is 2. The second kappa shape index (κ2) is 8.80. The van der Waals surface area contributed by atoms with Gasteiger partial charge in [-0.3, -0.25) is 14.4 Å². The highest BCUT2D eigenvalue weighted by Crippen LogP contribution is 2.63. The first-order valence-corrected chi connectivity index (χ1v) is 11.4. The van der Waals surface area contributed by atoms with Crippen LogP contribution in [0.3, 0.4) is 0 Å². The molecule has 0 unspecified atom stereocenters. The number of Topliss-reactive ketones (excluding diaryl/α,β-unsaturated/α-hetero) is 1. The summed E-state index contributed by atoms with van der Waals surface area (Å²) in [6.45, 7) is 1.05. The Morgan fingerprint density at radius 3 is 2.43 bits per heavy atom. The molecule has 5 rings (SSSR count). The van der Waals surface area contributed by atoms with Crippen molar-refractivity contribution in [2.24, 2.45) is 5.92 Å². The standard InChI is InChI=1S/C18H21NO3.C6H8O7/c1-19-8-7-18-11-4-5-13(20)17(18)22-16-14(21-2)6-3-10(15(16)18)9-12(11)19;7-3(8)1-6(13,5(11)12)2-4(9)10/h3,6,11-12,17H,4-5,7-9H2,1-2H3;13H,1-2H2,(H,7,8)(H,9,10)(H,11,12)/t11-,12+,17-,18-;/m0./s1. The smallest absolute Gasteiger partial charge is 0.336 e. The number of carboxylic acids is 3. The summed E-state index contributed by atoms with van der Waals surface area (Å²) < 4.78 is 11.8. The lowest BCUT2D eigenvalue weighted by Gasteiger charge is -2.57. The maximum Gasteiger partial charge on any atom is 0.336 e. The van der Waals surface area contributed by atoms with Gasteiger partial charge in [-0.15, -0.1) is 0 Å². The van der Waals surface area contributed by atoms with E-state index < -0.39 is 36.4 Å². The maximum atomic E-state index is 12.6. The van der Waals surface area contributed by atoms with Crippen molar-refractivity contribution in [3.8, 4) is 11.5 Å². The molecule has 0 aromatic heterocycles. The summed E-state index contributed by atoms with van der Waals surface area (Å²) >= 11 is 0. The van der Waals surface area contributed by atoms with E-state index in [0.717, 1.165) is 37.3 Å². The normalized spacial score (nSPS) is 28.2. The van der Waals surface area contributed by atoms with Gasteiger partial charge in [0.05, 0.1) is 20.0 Å². The number of hydrogen-bond acceptors (Lipinski definition) is 8. The fourth-order valence-electron chi connectivity index (χ4n) is 6.38. The van der Waals surface area contributed by atoms with Gasteiger partial charge in [0.2, 0.25) is 0 Å². The van der Waals surface area contributed by atoms with E-state index in [1.807, 2.05) is 6.07 Å². The Morgan fingerprint density at radius 2 is 1.86 bits per heavy atom. The molecule has 4 N–H and O–H groups in total. The number of aliphatic hydroxyl groups is 1. The number of carbonyl (C=O) groups excluding carboxylic acids is 1. The highest BCUT2D eigenvalue weighted by Gasteiger charge is 2.65. The van der Waals surface area contributed by atoms with E-state index in [1.165, 1.54) is 11.1 Å². The van der Waals surface area contributed by atoms with E-state index in [2.05, 4.69) is 18.0 Å². The third-order valence-corrected chi connectivity index (χ3v) is 7.88. The minimum atomic E-state index is -2.74. The van der Waals surface area contributed by atoms with Gasteiger partial charge in [0, 0.05) is 23.4 Å². The van der Waals surface area contributed by atoms with Crippen molar-refractivity contribution in [2.75, 3.05) is 20.7 Å². The number of rotatable bonds is 6. The molecule has 2 aliphatic heterocycles. The molecule has 2 fully saturated rings. The fourth-order valence-corrected chi connectivity index (χ4v) is 6.38. The van der Waals surface area contributed by atoms with Crippen LogP contribution in [0.5, 0.6) is 11.5 Å². The summed E-state index contributed by atoms with van der Waals surface area (Å²) in [5.74, 6) is -2.56. The molecule has 4 aliphatic rings. The van der Waals surface area contributed by atoms with Crippen molar-refractivity contribution in [3.05, 3.63) is 23.3 Å². The zero-order valence-corrected chi connectivity index (χ0v) is 19.5. The molecule has 1 aromatic rings. The van der Waals surface area contributed by atoms with Crippen molar-refractivity contribution in [1.29, 1.82) is 0 Å². The zero-order chi connectivity index (χ0) is 25.7. The molecular formula is C24H29NO10. The Morgan fingerprint density at radius 1 is 1.20 bits per heavy atom. The van der Waals surface area contributed by atoms with Gasteiger partial charge in [-0.1, -0.05) is 6.07 Å². The number of likely N-dealkylation sites (tertiary alicyclic amines) is 1. The van der Waals surface area contributed by atoms with Crippen LogP contribution in [0.15, 0.2) is 12.1 Å². The Balaban J connectivity index is 0.000000193. The number of carbonyl (C=O) groups is 4. The van der Waals surface area contributed by atoms with E-state index in [0.29, 0.717) is 18.4 Å². The van der Waals surface area contributed by atoms with Gasteiger partial charge in [-0.25, -0.2) is 4.79 Å². The van der Waals surface area contributed by atoms with Crippen molar-refractivity contribution < 1.29 is 49.1 Å². The fraction of sp³-hybridized carbons (Fsp3) is 0.583. The SMILES string of the molecule is COc1ccc2c3c1O[C@H]1C(=O)CC[C@H]4[C@@H](C2)N(C)CC[C@]314.O=C(O)CC(O)(CC(=O)O)C(=O)O. The van der Waals surface area contributed by atoms with Crippen molar-refractivity contribution in [1.82, 2.24) is 4.90 Å². The number of benzene rings is 1. The van der Waals surface area contributed by atoms with Gasteiger partial charge in [0.25, 0.3) is 0 Å². The molecule has 1 aromatic carbocycles. The lowest BCUT2D eigenvalue weighted by molar-refractivity contribution is -0.170. The topological polar surface area (TPSA) is 171 Å². The van der Waals surface area contributed by atoms with Gasteiger partial charge < -0.3 is 34.8 Å². The molecule has 4 atom stereocenters.